The molecule has 2 heterocycles. The van der Waals surface area contributed by atoms with Crippen molar-refractivity contribution in [1.82, 2.24) is 9.80 Å². The molecule has 2 fully saturated rings. The molecule has 0 aromatic rings. The molecule has 4 heteroatoms. The predicted molar refractivity (Wildman–Crippen MR) is 66.8 cm³/mol. The number of hydrogen-bond acceptors (Lipinski definition) is 3. The molecule has 1 atom stereocenters. The highest BCUT2D eigenvalue weighted by Gasteiger charge is 2.50. The SMILES string of the molecule is CCOCC1CCN(C)C2(C1)CN(C(C)=O)C2. The number of piperidine rings is 1. The van der Waals surface area contributed by atoms with Crippen molar-refractivity contribution >= 4 is 5.91 Å². The lowest BCUT2D eigenvalue weighted by Gasteiger charge is -2.58. The highest BCUT2D eigenvalue weighted by molar-refractivity contribution is 5.74. The summed E-state index contributed by atoms with van der Waals surface area (Å²) in [5.74, 6) is 0.871. The van der Waals surface area contributed by atoms with Crippen molar-refractivity contribution in [2.24, 2.45) is 5.92 Å². The van der Waals surface area contributed by atoms with E-state index in [-0.39, 0.29) is 11.4 Å². The van der Waals surface area contributed by atoms with Crippen LogP contribution >= 0.6 is 0 Å². The predicted octanol–water partition coefficient (Wildman–Crippen LogP) is 0.966. The minimum absolute atomic E-state index is 0.205. The Labute approximate surface area is 104 Å². The molecule has 17 heavy (non-hydrogen) atoms. The summed E-state index contributed by atoms with van der Waals surface area (Å²) >= 11 is 0. The van der Waals surface area contributed by atoms with Crippen LogP contribution in [-0.2, 0) is 9.53 Å². The van der Waals surface area contributed by atoms with Gasteiger partial charge in [-0.3, -0.25) is 9.69 Å². The van der Waals surface area contributed by atoms with Crippen LogP contribution in [0.5, 0.6) is 0 Å². The van der Waals surface area contributed by atoms with Crippen LogP contribution in [0.1, 0.15) is 26.7 Å². The molecule has 0 aliphatic carbocycles. The first-order valence-corrected chi connectivity index (χ1v) is 6.62. The quantitative estimate of drug-likeness (QED) is 0.737. The molecule has 2 aliphatic heterocycles. The summed E-state index contributed by atoms with van der Waals surface area (Å²) in [5.41, 5.74) is 0.242. The number of likely N-dealkylation sites (N-methyl/N-ethyl adjacent to an activating group) is 1. The minimum Gasteiger partial charge on any atom is -0.381 e. The van der Waals surface area contributed by atoms with Crippen LogP contribution in [0.25, 0.3) is 0 Å². The van der Waals surface area contributed by atoms with Gasteiger partial charge in [-0.1, -0.05) is 0 Å². The number of ether oxygens (including phenoxy) is 1. The van der Waals surface area contributed by atoms with Gasteiger partial charge in [0.15, 0.2) is 0 Å². The van der Waals surface area contributed by atoms with Gasteiger partial charge < -0.3 is 9.64 Å². The fraction of sp³-hybridized carbons (Fsp3) is 0.923. The summed E-state index contributed by atoms with van der Waals surface area (Å²) in [4.78, 5) is 15.7. The van der Waals surface area contributed by atoms with E-state index in [4.69, 9.17) is 4.74 Å². The molecular weight excluding hydrogens is 216 g/mol. The van der Waals surface area contributed by atoms with Crippen LogP contribution in [0.4, 0.5) is 0 Å². The third-order valence-corrected chi connectivity index (χ3v) is 4.32. The lowest BCUT2D eigenvalue weighted by Crippen LogP contribution is -2.72. The third kappa shape index (κ3) is 2.47. The van der Waals surface area contributed by atoms with Crippen LogP contribution < -0.4 is 0 Å². The Kier molecular flexibility index (Phi) is 3.73. The average molecular weight is 240 g/mol. The Morgan fingerprint density at radius 1 is 1.47 bits per heavy atom. The Bertz CT molecular complexity index is 285. The summed E-state index contributed by atoms with van der Waals surface area (Å²) < 4.78 is 5.55. The molecule has 0 N–H and O–H groups in total. The van der Waals surface area contributed by atoms with Gasteiger partial charge in [-0.2, -0.15) is 0 Å². The van der Waals surface area contributed by atoms with Crippen LogP contribution in [0, 0.1) is 5.92 Å². The van der Waals surface area contributed by atoms with E-state index in [9.17, 15) is 4.79 Å². The first-order chi connectivity index (χ1) is 8.07. The van der Waals surface area contributed by atoms with E-state index in [2.05, 4.69) is 11.9 Å². The van der Waals surface area contributed by atoms with E-state index >= 15 is 0 Å². The summed E-state index contributed by atoms with van der Waals surface area (Å²) in [6.45, 7) is 8.33. The largest absolute Gasteiger partial charge is 0.381 e. The van der Waals surface area contributed by atoms with E-state index in [0.717, 1.165) is 32.8 Å². The average Bonchev–Trinajstić information content (AvgIpc) is 2.24. The molecular formula is C13H24N2O2. The Morgan fingerprint density at radius 2 is 2.18 bits per heavy atom. The monoisotopic (exact) mass is 240 g/mol. The zero-order chi connectivity index (χ0) is 12.5. The highest BCUT2D eigenvalue weighted by Crippen LogP contribution is 2.38. The van der Waals surface area contributed by atoms with Crippen molar-refractivity contribution in [2.45, 2.75) is 32.2 Å². The number of nitrogens with zero attached hydrogens (tertiary/aromatic N) is 2. The van der Waals surface area contributed by atoms with Crippen molar-refractivity contribution in [3.05, 3.63) is 0 Å². The number of carbonyl (C=O) groups excluding carboxylic acids is 1. The van der Waals surface area contributed by atoms with Crippen LogP contribution in [0.3, 0.4) is 0 Å². The molecule has 2 rings (SSSR count). The lowest BCUT2D eigenvalue weighted by atomic mass is 9.75. The molecule has 98 valence electrons. The fourth-order valence-electron chi connectivity index (χ4n) is 3.09. The Hall–Kier alpha value is -0.610. The van der Waals surface area contributed by atoms with Crippen molar-refractivity contribution in [1.29, 1.82) is 0 Å². The first kappa shape index (κ1) is 12.8. The first-order valence-electron chi connectivity index (χ1n) is 6.62. The van der Waals surface area contributed by atoms with Gasteiger partial charge in [-0.05, 0) is 39.3 Å². The highest BCUT2D eigenvalue weighted by atomic mass is 16.5. The lowest BCUT2D eigenvalue weighted by molar-refractivity contribution is -0.148. The fourth-order valence-corrected chi connectivity index (χ4v) is 3.09. The van der Waals surface area contributed by atoms with E-state index in [1.54, 1.807) is 6.92 Å². The van der Waals surface area contributed by atoms with Crippen molar-refractivity contribution in [2.75, 3.05) is 39.9 Å². The van der Waals surface area contributed by atoms with Crippen molar-refractivity contribution in [3.63, 3.8) is 0 Å². The zero-order valence-corrected chi connectivity index (χ0v) is 11.2. The third-order valence-electron chi connectivity index (χ3n) is 4.32. The summed E-state index contributed by atoms with van der Waals surface area (Å²) in [6.07, 6.45) is 2.39. The topological polar surface area (TPSA) is 32.8 Å². The minimum atomic E-state index is 0.205. The smallest absolute Gasteiger partial charge is 0.219 e. The molecule has 0 radical (unpaired) electrons. The summed E-state index contributed by atoms with van der Waals surface area (Å²) in [6, 6.07) is 0. The van der Waals surface area contributed by atoms with E-state index in [1.165, 1.54) is 12.8 Å². The second-order valence-corrected chi connectivity index (χ2v) is 5.54. The summed E-state index contributed by atoms with van der Waals surface area (Å²) in [5, 5.41) is 0. The molecule has 0 saturated carbocycles. The number of amides is 1. The molecule has 1 unspecified atom stereocenters. The van der Waals surface area contributed by atoms with Gasteiger partial charge in [0, 0.05) is 33.2 Å². The number of likely N-dealkylation sites (tertiary alicyclic amines) is 2. The molecule has 1 spiro atoms. The van der Waals surface area contributed by atoms with Crippen LogP contribution in [0.15, 0.2) is 0 Å². The number of carbonyl (C=O) groups is 1. The molecule has 2 aliphatic rings. The second kappa shape index (κ2) is 4.94. The molecule has 0 aromatic heterocycles. The van der Waals surface area contributed by atoms with Gasteiger partial charge in [0.05, 0.1) is 5.54 Å². The van der Waals surface area contributed by atoms with Gasteiger partial charge in [0.1, 0.15) is 0 Å². The maximum Gasteiger partial charge on any atom is 0.219 e. The summed E-state index contributed by atoms with van der Waals surface area (Å²) in [7, 11) is 2.19. The second-order valence-electron chi connectivity index (χ2n) is 5.54. The van der Waals surface area contributed by atoms with Gasteiger partial charge >= 0.3 is 0 Å². The number of rotatable bonds is 3. The van der Waals surface area contributed by atoms with Crippen molar-refractivity contribution < 1.29 is 9.53 Å². The Morgan fingerprint density at radius 3 is 2.76 bits per heavy atom. The molecule has 1 amide bonds. The van der Waals surface area contributed by atoms with Gasteiger partial charge in [0.25, 0.3) is 0 Å². The van der Waals surface area contributed by atoms with Crippen LogP contribution in [-0.4, -0.2) is 61.1 Å². The molecule has 0 aromatic carbocycles. The Balaban J connectivity index is 1.90. The number of hydrogen-bond donors (Lipinski definition) is 0. The van der Waals surface area contributed by atoms with E-state index in [1.807, 2.05) is 11.8 Å². The molecule has 0 bridgehead atoms. The van der Waals surface area contributed by atoms with Crippen molar-refractivity contribution in [3.8, 4) is 0 Å². The van der Waals surface area contributed by atoms with Gasteiger partial charge in [0.2, 0.25) is 5.91 Å². The molecule has 4 nitrogen and oxygen atoms in total. The van der Waals surface area contributed by atoms with E-state index in [0.29, 0.717) is 5.92 Å². The normalized spacial score (nSPS) is 28.2. The molecule has 2 saturated heterocycles. The zero-order valence-electron chi connectivity index (χ0n) is 11.2. The van der Waals surface area contributed by atoms with Gasteiger partial charge in [-0.15, -0.1) is 0 Å². The maximum atomic E-state index is 11.3. The maximum absolute atomic E-state index is 11.3. The van der Waals surface area contributed by atoms with E-state index < -0.39 is 0 Å². The van der Waals surface area contributed by atoms with Gasteiger partial charge in [-0.25, -0.2) is 0 Å². The standard InChI is InChI=1S/C13H24N2O2/c1-4-17-8-12-5-6-14(3)13(7-12)9-15(10-13)11(2)16/h12H,4-10H2,1-3H3. The van der Waals surface area contributed by atoms with Crippen LogP contribution in [0.2, 0.25) is 0 Å².